The molecule has 3 heteroatoms. The van der Waals surface area contributed by atoms with Gasteiger partial charge in [0.1, 0.15) is 0 Å². The second kappa shape index (κ2) is 7.61. The van der Waals surface area contributed by atoms with E-state index in [-0.39, 0.29) is 6.10 Å². The van der Waals surface area contributed by atoms with Gasteiger partial charge in [0.25, 0.3) is 0 Å². The first-order valence-corrected chi connectivity index (χ1v) is 9.52. The first kappa shape index (κ1) is 16.7. The monoisotopic (exact) mass is 329 g/mol. The van der Waals surface area contributed by atoms with Gasteiger partial charge in [-0.05, 0) is 55.3 Å². The van der Waals surface area contributed by atoms with Crippen molar-refractivity contribution < 1.29 is 4.74 Å². The summed E-state index contributed by atoms with van der Waals surface area (Å²) in [4.78, 5) is 4.15. The van der Waals surface area contributed by atoms with Crippen molar-refractivity contribution >= 4 is 11.3 Å². The standard InChI is InChI=1S/C20H27NOS/c1-4-11-21(15(2)20-10-7-12-23-20)17-13-16-8-5-6-9-18(16)19(14-17)22-3/h5-10,12,15,17,19H,4,11,13-14H2,1-3H3/t15-,17-,19-/m0/s1. The van der Waals surface area contributed by atoms with E-state index in [2.05, 4.69) is 60.5 Å². The van der Waals surface area contributed by atoms with Crippen LogP contribution in [0, 0.1) is 0 Å². The van der Waals surface area contributed by atoms with Crippen molar-refractivity contribution in [2.75, 3.05) is 13.7 Å². The molecule has 0 spiro atoms. The summed E-state index contributed by atoms with van der Waals surface area (Å²) in [6, 6.07) is 14.2. The molecule has 2 aromatic rings. The summed E-state index contributed by atoms with van der Waals surface area (Å²) < 4.78 is 5.82. The van der Waals surface area contributed by atoms with Gasteiger partial charge in [0.15, 0.2) is 0 Å². The summed E-state index contributed by atoms with van der Waals surface area (Å²) in [6.45, 7) is 5.77. The third-order valence-corrected chi connectivity index (χ3v) is 6.07. The van der Waals surface area contributed by atoms with Crippen molar-refractivity contribution in [3.8, 4) is 0 Å². The fourth-order valence-electron chi connectivity index (χ4n) is 3.86. The average molecular weight is 330 g/mol. The first-order chi connectivity index (χ1) is 11.2. The van der Waals surface area contributed by atoms with E-state index in [4.69, 9.17) is 4.74 Å². The molecule has 2 nitrogen and oxygen atoms in total. The predicted octanol–water partition coefficient (Wildman–Crippen LogP) is 5.22. The van der Waals surface area contributed by atoms with Crippen molar-refractivity contribution in [2.24, 2.45) is 0 Å². The predicted molar refractivity (Wildman–Crippen MR) is 98.0 cm³/mol. The van der Waals surface area contributed by atoms with Gasteiger partial charge in [-0.2, -0.15) is 0 Å². The van der Waals surface area contributed by atoms with Crippen LogP contribution in [0.15, 0.2) is 41.8 Å². The molecule has 1 aromatic heterocycles. The maximum Gasteiger partial charge on any atom is 0.0838 e. The van der Waals surface area contributed by atoms with Crippen molar-refractivity contribution in [1.82, 2.24) is 4.90 Å². The number of hydrogen-bond donors (Lipinski definition) is 0. The summed E-state index contributed by atoms with van der Waals surface area (Å²) in [5.74, 6) is 0. The van der Waals surface area contributed by atoms with Crippen LogP contribution >= 0.6 is 11.3 Å². The Bertz CT molecular complexity index is 610. The number of benzene rings is 1. The van der Waals surface area contributed by atoms with Gasteiger partial charge in [-0.1, -0.05) is 37.3 Å². The summed E-state index contributed by atoms with van der Waals surface area (Å²) in [6.07, 6.45) is 3.63. The van der Waals surface area contributed by atoms with E-state index in [0.29, 0.717) is 12.1 Å². The zero-order valence-corrected chi connectivity index (χ0v) is 15.2. The molecule has 0 radical (unpaired) electrons. The zero-order chi connectivity index (χ0) is 16.2. The number of ether oxygens (including phenoxy) is 1. The molecular formula is C20H27NOS. The van der Waals surface area contributed by atoms with E-state index in [1.807, 2.05) is 18.4 Å². The molecule has 0 aliphatic heterocycles. The van der Waals surface area contributed by atoms with Crippen LogP contribution in [0.5, 0.6) is 0 Å². The molecule has 124 valence electrons. The Hall–Kier alpha value is -1.16. The minimum absolute atomic E-state index is 0.222. The lowest BCUT2D eigenvalue weighted by Gasteiger charge is -2.41. The van der Waals surface area contributed by atoms with Gasteiger partial charge in [-0.15, -0.1) is 11.3 Å². The molecule has 1 aliphatic carbocycles. The summed E-state index contributed by atoms with van der Waals surface area (Å²) in [7, 11) is 1.84. The Morgan fingerprint density at radius 3 is 2.78 bits per heavy atom. The van der Waals surface area contributed by atoms with Crippen LogP contribution in [-0.2, 0) is 11.2 Å². The van der Waals surface area contributed by atoms with Crippen LogP contribution in [0.4, 0.5) is 0 Å². The maximum absolute atomic E-state index is 5.82. The zero-order valence-electron chi connectivity index (χ0n) is 14.4. The van der Waals surface area contributed by atoms with Gasteiger partial charge in [0.2, 0.25) is 0 Å². The third kappa shape index (κ3) is 3.52. The first-order valence-electron chi connectivity index (χ1n) is 8.64. The Kier molecular flexibility index (Phi) is 5.52. The topological polar surface area (TPSA) is 12.5 Å². The molecule has 0 bridgehead atoms. The van der Waals surface area contributed by atoms with Crippen molar-refractivity contribution in [1.29, 1.82) is 0 Å². The minimum atomic E-state index is 0.222. The van der Waals surface area contributed by atoms with Crippen molar-refractivity contribution in [3.05, 3.63) is 57.8 Å². The molecule has 0 fully saturated rings. The molecule has 1 aromatic carbocycles. The van der Waals surface area contributed by atoms with Crippen LogP contribution in [0.3, 0.4) is 0 Å². The van der Waals surface area contributed by atoms with Gasteiger partial charge < -0.3 is 4.74 Å². The molecule has 0 saturated carbocycles. The molecule has 23 heavy (non-hydrogen) atoms. The molecule has 0 N–H and O–H groups in total. The highest BCUT2D eigenvalue weighted by atomic mass is 32.1. The number of fused-ring (bicyclic) bond motifs is 1. The lowest BCUT2D eigenvalue weighted by molar-refractivity contribution is 0.0372. The largest absolute Gasteiger partial charge is 0.377 e. The Morgan fingerprint density at radius 1 is 1.26 bits per heavy atom. The fraction of sp³-hybridized carbons (Fsp3) is 0.500. The van der Waals surface area contributed by atoms with E-state index in [0.717, 1.165) is 19.4 Å². The normalized spacial score (nSPS) is 22.1. The number of methoxy groups -OCH3 is 1. The second-order valence-electron chi connectivity index (χ2n) is 6.45. The molecule has 0 saturated heterocycles. The van der Waals surface area contributed by atoms with Gasteiger partial charge in [0, 0.05) is 24.1 Å². The van der Waals surface area contributed by atoms with E-state index in [1.165, 1.54) is 22.4 Å². The Balaban J connectivity index is 1.86. The highest BCUT2D eigenvalue weighted by Crippen LogP contribution is 2.37. The lowest BCUT2D eigenvalue weighted by atomic mass is 9.84. The number of thiophene rings is 1. The molecule has 0 unspecified atom stereocenters. The van der Waals surface area contributed by atoms with Crippen LogP contribution in [0.1, 0.15) is 54.8 Å². The van der Waals surface area contributed by atoms with Crippen LogP contribution < -0.4 is 0 Å². The molecule has 0 amide bonds. The molecular weight excluding hydrogens is 302 g/mol. The maximum atomic E-state index is 5.82. The molecule has 1 heterocycles. The van der Waals surface area contributed by atoms with Crippen molar-refractivity contribution in [2.45, 2.75) is 51.3 Å². The number of rotatable bonds is 6. The van der Waals surface area contributed by atoms with Crippen LogP contribution in [0.25, 0.3) is 0 Å². The van der Waals surface area contributed by atoms with Crippen molar-refractivity contribution in [3.63, 3.8) is 0 Å². The van der Waals surface area contributed by atoms with Gasteiger partial charge in [-0.3, -0.25) is 4.90 Å². The highest BCUT2D eigenvalue weighted by molar-refractivity contribution is 7.10. The Labute approximate surface area is 144 Å². The number of hydrogen-bond acceptors (Lipinski definition) is 3. The summed E-state index contributed by atoms with van der Waals surface area (Å²) in [5, 5.41) is 2.18. The van der Waals surface area contributed by atoms with Gasteiger partial charge in [0.05, 0.1) is 6.10 Å². The summed E-state index contributed by atoms with van der Waals surface area (Å²) >= 11 is 1.87. The molecule has 1 aliphatic rings. The Morgan fingerprint density at radius 2 is 2.09 bits per heavy atom. The van der Waals surface area contributed by atoms with E-state index < -0.39 is 0 Å². The molecule has 3 rings (SSSR count). The van der Waals surface area contributed by atoms with E-state index >= 15 is 0 Å². The van der Waals surface area contributed by atoms with Gasteiger partial charge >= 0.3 is 0 Å². The second-order valence-corrected chi connectivity index (χ2v) is 7.43. The average Bonchev–Trinajstić information content (AvgIpc) is 3.12. The fourth-order valence-corrected chi connectivity index (χ4v) is 4.67. The van der Waals surface area contributed by atoms with Crippen LogP contribution in [0.2, 0.25) is 0 Å². The smallest absolute Gasteiger partial charge is 0.0838 e. The van der Waals surface area contributed by atoms with E-state index in [9.17, 15) is 0 Å². The SMILES string of the molecule is CCCN([C@H]1Cc2ccccc2[C@@H](OC)C1)[C@@H](C)c1cccs1. The summed E-state index contributed by atoms with van der Waals surface area (Å²) in [5.41, 5.74) is 2.83. The lowest BCUT2D eigenvalue weighted by Crippen LogP contribution is -2.42. The molecule has 3 atom stereocenters. The quantitative estimate of drug-likeness (QED) is 0.720. The third-order valence-electron chi connectivity index (χ3n) is 5.03. The minimum Gasteiger partial charge on any atom is -0.377 e. The van der Waals surface area contributed by atoms with E-state index in [1.54, 1.807) is 0 Å². The van der Waals surface area contributed by atoms with Crippen LogP contribution in [-0.4, -0.2) is 24.6 Å². The highest BCUT2D eigenvalue weighted by Gasteiger charge is 2.32. The van der Waals surface area contributed by atoms with Gasteiger partial charge in [-0.25, -0.2) is 0 Å². The number of nitrogens with zero attached hydrogens (tertiary/aromatic N) is 1.